The summed E-state index contributed by atoms with van der Waals surface area (Å²) >= 11 is 0.988. The standard InChI is InChI=1S/C12H14N10O8S2.2Na.2H/c13-11-15-4(3-31-11)7(19-30-2-6-17-20-21-18-6)9(23)16-8-5(1-29-12(14)25)22(10(8)24)32(26,27)28;;;;/h3,5,8H,1-2H2,(H2,13,15)(H2,14,25)(H,16,23)(H,26,27,28)(H,17,18,20,21);;;;/q;2*+1;2*-1/b19-7-;;;;/t5-,8+;;;;/m1..../s1. The van der Waals surface area contributed by atoms with Crippen LogP contribution in [0, 0.1) is 0 Å². The second-order valence-corrected chi connectivity index (χ2v) is 8.05. The van der Waals surface area contributed by atoms with Gasteiger partial charge >= 0.3 is 75.5 Å². The monoisotopic (exact) mass is 538 g/mol. The number of aromatic nitrogens is 5. The van der Waals surface area contributed by atoms with Gasteiger partial charge in [-0.05, 0) is 0 Å². The molecule has 0 aliphatic carbocycles. The third-order valence-electron chi connectivity index (χ3n) is 3.82. The fourth-order valence-electron chi connectivity index (χ4n) is 2.50. The van der Waals surface area contributed by atoms with Crippen LogP contribution in [0.25, 0.3) is 0 Å². The van der Waals surface area contributed by atoms with Crippen LogP contribution >= 0.6 is 11.3 Å². The van der Waals surface area contributed by atoms with Crippen LogP contribution in [0.2, 0.25) is 0 Å². The Hall–Kier alpha value is -1.91. The van der Waals surface area contributed by atoms with E-state index >= 15 is 0 Å². The van der Waals surface area contributed by atoms with Crippen LogP contribution in [0.1, 0.15) is 14.4 Å². The number of thiazole rings is 1. The van der Waals surface area contributed by atoms with Crippen molar-refractivity contribution in [3.05, 3.63) is 16.9 Å². The number of anilines is 1. The van der Waals surface area contributed by atoms with Crippen LogP contribution in [-0.4, -0.2) is 85.2 Å². The summed E-state index contributed by atoms with van der Waals surface area (Å²) in [6.07, 6.45) is -1.26. The van der Waals surface area contributed by atoms with Gasteiger partial charge < -0.3 is 29.2 Å². The van der Waals surface area contributed by atoms with E-state index in [9.17, 15) is 27.4 Å². The molecule has 2 atom stereocenters. The summed E-state index contributed by atoms with van der Waals surface area (Å²) in [6.45, 7) is -1.00. The molecule has 0 saturated carbocycles. The van der Waals surface area contributed by atoms with Crippen LogP contribution < -0.4 is 75.9 Å². The van der Waals surface area contributed by atoms with E-state index in [4.69, 9.17) is 16.3 Å². The molecule has 34 heavy (non-hydrogen) atoms. The van der Waals surface area contributed by atoms with E-state index in [-0.39, 0.29) is 89.5 Å². The molecule has 3 heterocycles. The third kappa shape index (κ3) is 7.29. The van der Waals surface area contributed by atoms with Gasteiger partial charge in [-0.15, -0.1) is 21.5 Å². The van der Waals surface area contributed by atoms with Gasteiger partial charge in [0.05, 0.1) is 0 Å². The Kier molecular flexibility index (Phi) is 11.2. The number of aromatic amines is 1. The number of H-pyrrole nitrogens is 1. The molecule has 18 nitrogen and oxygen atoms in total. The Morgan fingerprint density at radius 1 is 1.41 bits per heavy atom. The minimum Gasteiger partial charge on any atom is -1.00 e. The first-order valence-electron chi connectivity index (χ1n) is 8.25. The quantitative estimate of drug-likeness (QED) is 0.0653. The number of nitrogens with two attached hydrogens (primary N) is 2. The van der Waals surface area contributed by atoms with Crippen molar-refractivity contribution in [1.82, 2.24) is 35.2 Å². The van der Waals surface area contributed by atoms with Crippen LogP contribution in [0.15, 0.2) is 10.5 Å². The molecule has 2 aromatic heterocycles. The topological polar surface area (TPSA) is 271 Å². The van der Waals surface area contributed by atoms with Crippen molar-refractivity contribution >= 4 is 50.4 Å². The summed E-state index contributed by atoms with van der Waals surface area (Å²) in [6, 6.07) is -2.97. The number of rotatable bonds is 9. The molecule has 0 bridgehead atoms. The number of β-lactam (4-membered cyclic amide) rings is 1. The van der Waals surface area contributed by atoms with Gasteiger partial charge in [-0.1, -0.05) is 10.4 Å². The molecular weight excluding hydrogens is 522 g/mol. The summed E-state index contributed by atoms with van der Waals surface area (Å²) in [4.78, 5) is 44.7. The maximum Gasteiger partial charge on any atom is 1.00 e. The normalized spacial score (nSPS) is 17.6. The van der Waals surface area contributed by atoms with Gasteiger partial charge in [0.2, 0.25) is 5.82 Å². The van der Waals surface area contributed by atoms with E-state index in [0.29, 0.717) is 0 Å². The first-order valence-corrected chi connectivity index (χ1v) is 10.5. The van der Waals surface area contributed by atoms with E-state index in [0.717, 1.165) is 11.3 Å². The predicted molar refractivity (Wildman–Crippen MR) is 104 cm³/mol. The average Bonchev–Trinajstić information content (AvgIpc) is 3.36. The molecule has 0 spiro atoms. The number of ether oxygens (including phenoxy) is 1. The fraction of sp³-hybridized carbons (Fsp3) is 0.333. The summed E-state index contributed by atoms with van der Waals surface area (Å²) in [7, 11) is -4.99. The zero-order valence-corrected chi connectivity index (χ0v) is 23.2. The maximum absolute atomic E-state index is 12.8. The first-order chi connectivity index (χ1) is 15.1. The zero-order chi connectivity index (χ0) is 23.5. The molecule has 1 fully saturated rings. The van der Waals surface area contributed by atoms with Crippen LogP contribution in [0.3, 0.4) is 0 Å². The van der Waals surface area contributed by atoms with E-state index < -0.39 is 52.6 Å². The molecule has 7 N–H and O–H groups in total. The maximum atomic E-state index is 12.8. The van der Waals surface area contributed by atoms with Crippen LogP contribution in [0.4, 0.5) is 9.93 Å². The Morgan fingerprint density at radius 3 is 2.65 bits per heavy atom. The van der Waals surface area contributed by atoms with E-state index in [1.807, 2.05) is 0 Å². The number of carbonyl (C=O) groups is 3. The SMILES string of the molecule is NC(=O)OC[C@@H]1[C@H](NC(=O)/C(=N\OCc2nn[nH]n2)c2csc(N)n2)C(=O)N1S(=O)(=O)O.[H-].[H-].[Na+].[Na+]. The van der Waals surface area contributed by atoms with E-state index in [1.54, 1.807) is 0 Å². The minimum atomic E-state index is -4.99. The molecule has 176 valence electrons. The molecule has 2 aromatic rings. The third-order valence-corrected chi connectivity index (χ3v) is 5.44. The summed E-state index contributed by atoms with van der Waals surface area (Å²) in [5.41, 5.74) is 9.98. The molecule has 0 unspecified atom stereocenters. The number of hydrogen-bond acceptors (Lipinski definition) is 14. The van der Waals surface area contributed by atoms with E-state index in [2.05, 4.69) is 40.8 Å². The number of nitrogens with zero attached hydrogens (tertiary/aromatic N) is 6. The number of nitrogens with one attached hydrogen (secondary N) is 2. The van der Waals surface area contributed by atoms with Crippen molar-refractivity contribution < 1.29 is 98.9 Å². The smallest absolute Gasteiger partial charge is 1.00 e. The summed E-state index contributed by atoms with van der Waals surface area (Å²) in [5.74, 6) is -2.09. The fourth-order valence-corrected chi connectivity index (χ4v) is 3.91. The van der Waals surface area contributed by atoms with Crippen LogP contribution in [0.5, 0.6) is 0 Å². The van der Waals surface area contributed by atoms with Gasteiger partial charge in [-0.3, -0.25) is 14.1 Å². The van der Waals surface area contributed by atoms with Gasteiger partial charge in [0.15, 0.2) is 17.5 Å². The number of tetrazole rings is 1. The largest absolute Gasteiger partial charge is 1.00 e. The van der Waals surface area contributed by atoms with Crippen molar-refractivity contribution in [2.45, 2.75) is 18.7 Å². The van der Waals surface area contributed by atoms with Crippen molar-refractivity contribution in [2.75, 3.05) is 12.3 Å². The molecule has 3 rings (SSSR count). The average molecular weight is 538 g/mol. The Bertz CT molecular complexity index is 1170. The molecular formula is C12H16N10Na2O8S2. The molecule has 0 aromatic carbocycles. The van der Waals surface area contributed by atoms with Gasteiger partial charge in [0.1, 0.15) is 24.4 Å². The molecule has 1 aliphatic heterocycles. The number of carbonyl (C=O) groups excluding carboxylic acids is 3. The Balaban J connectivity index is 0. The second-order valence-electron chi connectivity index (χ2n) is 5.87. The molecule has 22 heteroatoms. The molecule has 1 saturated heterocycles. The molecule has 0 radical (unpaired) electrons. The van der Waals surface area contributed by atoms with Gasteiger partial charge in [-0.2, -0.15) is 13.6 Å². The van der Waals surface area contributed by atoms with Gasteiger partial charge in [0.25, 0.3) is 11.8 Å². The second kappa shape index (κ2) is 12.7. The van der Waals surface area contributed by atoms with Crippen molar-refractivity contribution in [3.8, 4) is 0 Å². The van der Waals surface area contributed by atoms with E-state index in [1.165, 1.54) is 5.38 Å². The van der Waals surface area contributed by atoms with Crippen LogP contribution in [-0.2, 0) is 36.1 Å². The summed E-state index contributed by atoms with van der Waals surface area (Å²) < 4.78 is 36.6. The number of amides is 3. The number of primary amides is 1. The predicted octanol–water partition coefficient (Wildman–Crippen LogP) is -9.01. The van der Waals surface area contributed by atoms with Gasteiger partial charge in [-0.25, -0.2) is 14.1 Å². The summed E-state index contributed by atoms with van der Waals surface area (Å²) in [5, 5.41) is 20.1. The zero-order valence-electron chi connectivity index (χ0n) is 19.6. The Morgan fingerprint density at radius 2 is 2.12 bits per heavy atom. The van der Waals surface area contributed by atoms with Gasteiger partial charge in [0, 0.05) is 5.38 Å². The molecule has 3 amide bonds. The number of oxime groups is 1. The van der Waals surface area contributed by atoms with Crippen molar-refractivity contribution in [2.24, 2.45) is 10.9 Å². The van der Waals surface area contributed by atoms with Crippen molar-refractivity contribution in [1.29, 1.82) is 0 Å². The Labute approximate surface area is 241 Å². The van der Waals surface area contributed by atoms with Crippen molar-refractivity contribution in [3.63, 3.8) is 0 Å². The molecule has 1 aliphatic rings. The first kappa shape index (κ1) is 30.1. The number of nitrogen functional groups attached to an aromatic ring is 1. The minimum absolute atomic E-state index is 0. The number of hydrogen-bond donors (Lipinski definition) is 5.